The van der Waals surface area contributed by atoms with Gasteiger partial charge in [-0.05, 0) is 47.6 Å². The molecule has 0 atom stereocenters. The second-order valence-electron chi connectivity index (χ2n) is 2.74. The molecule has 0 saturated carbocycles. The van der Waals surface area contributed by atoms with Crippen molar-refractivity contribution in [3.8, 4) is 0 Å². The number of benzene rings is 1. The van der Waals surface area contributed by atoms with Crippen LogP contribution in [-0.4, -0.2) is 15.5 Å². The van der Waals surface area contributed by atoms with Crippen molar-refractivity contribution >= 4 is 41.9 Å². The van der Waals surface area contributed by atoms with E-state index >= 15 is 0 Å². The molecule has 0 spiro atoms. The molecule has 0 aliphatic heterocycles. The van der Waals surface area contributed by atoms with Crippen LogP contribution in [0.3, 0.4) is 0 Å². The molecule has 0 amide bonds. The quantitative estimate of drug-likeness (QED) is 0.897. The second kappa shape index (κ2) is 4.30. The molecular formula is C8H9Br2NO2S. The van der Waals surface area contributed by atoms with Gasteiger partial charge in [0.2, 0.25) is 10.0 Å². The van der Waals surface area contributed by atoms with E-state index in [1.54, 1.807) is 12.1 Å². The summed E-state index contributed by atoms with van der Waals surface area (Å²) in [6.07, 6.45) is 0. The molecule has 0 heterocycles. The van der Waals surface area contributed by atoms with E-state index in [4.69, 9.17) is 0 Å². The van der Waals surface area contributed by atoms with Gasteiger partial charge in [0.15, 0.2) is 0 Å². The van der Waals surface area contributed by atoms with Crippen molar-refractivity contribution in [2.75, 3.05) is 7.05 Å². The topological polar surface area (TPSA) is 46.2 Å². The van der Waals surface area contributed by atoms with Crippen LogP contribution in [0, 0.1) is 6.92 Å². The van der Waals surface area contributed by atoms with Gasteiger partial charge in [0.25, 0.3) is 0 Å². The normalized spacial score (nSPS) is 11.7. The summed E-state index contributed by atoms with van der Waals surface area (Å²) >= 11 is 6.51. The lowest BCUT2D eigenvalue weighted by molar-refractivity contribution is 0.587. The summed E-state index contributed by atoms with van der Waals surface area (Å²) in [5.41, 5.74) is 0.979. The van der Waals surface area contributed by atoms with E-state index in [1.165, 1.54) is 7.05 Å². The Morgan fingerprint density at radius 1 is 1.21 bits per heavy atom. The molecular weight excluding hydrogens is 334 g/mol. The zero-order chi connectivity index (χ0) is 10.9. The van der Waals surface area contributed by atoms with Crippen molar-refractivity contribution in [1.29, 1.82) is 0 Å². The van der Waals surface area contributed by atoms with Crippen LogP contribution >= 0.6 is 31.9 Å². The minimum Gasteiger partial charge on any atom is -0.214 e. The maximum Gasteiger partial charge on any atom is 0.241 e. The highest BCUT2D eigenvalue weighted by Gasteiger charge is 2.16. The van der Waals surface area contributed by atoms with Crippen LogP contribution in [0.15, 0.2) is 26.0 Å². The lowest BCUT2D eigenvalue weighted by Crippen LogP contribution is -2.19. The third-order valence-corrected chi connectivity index (χ3v) is 5.00. The van der Waals surface area contributed by atoms with Crippen molar-refractivity contribution in [3.05, 3.63) is 26.6 Å². The fourth-order valence-corrected chi connectivity index (χ4v) is 3.34. The molecule has 0 bridgehead atoms. The number of hydrogen-bond acceptors (Lipinski definition) is 2. The van der Waals surface area contributed by atoms with Crippen molar-refractivity contribution in [1.82, 2.24) is 4.72 Å². The molecule has 0 unspecified atom stereocenters. The van der Waals surface area contributed by atoms with E-state index in [-0.39, 0.29) is 4.90 Å². The molecule has 78 valence electrons. The maximum absolute atomic E-state index is 11.5. The SMILES string of the molecule is CNS(=O)(=O)c1cc(Br)c(C)cc1Br. The Balaban J connectivity index is 3.45. The first-order valence-electron chi connectivity index (χ1n) is 3.77. The Kier molecular flexibility index (Phi) is 3.74. The summed E-state index contributed by atoms with van der Waals surface area (Å²) in [7, 11) is -2.01. The minimum absolute atomic E-state index is 0.234. The zero-order valence-electron chi connectivity index (χ0n) is 7.64. The van der Waals surface area contributed by atoms with Gasteiger partial charge in [-0.25, -0.2) is 13.1 Å². The van der Waals surface area contributed by atoms with Gasteiger partial charge in [0, 0.05) is 8.95 Å². The van der Waals surface area contributed by atoms with E-state index in [1.807, 2.05) is 6.92 Å². The van der Waals surface area contributed by atoms with Crippen molar-refractivity contribution in [3.63, 3.8) is 0 Å². The molecule has 14 heavy (non-hydrogen) atoms. The van der Waals surface area contributed by atoms with Gasteiger partial charge in [-0.2, -0.15) is 0 Å². The van der Waals surface area contributed by atoms with Crippen LogP contribution in [0.25, 0.3) is 0 Å². The van der Waals surface area contributed by atoms with E-state index in [0.717, 1.165) is 10.0 Å². The smallest absolute Gasteiger partial charge is 0.214 e. The summed E-state index contributed by atoms with van der Waals surface area (Å²) in [5, 5.41) is 0. The van der Waals surface area contributed by atoms with Gasteiger partial charge < -0.3 is 0 Å². The molecule has 6 heteroatoms. The first kappa shape index (κ1) is 12.2. The molecule has 1 N–H and O–H groups in total. The number of aryl methyl sites for hydroxylation is 1. The predicted octanol–water partition coefficient (Wildman–Crippen LogP) is 2.43. The van der Waals surface area contributed by atoms with Gasteiger partial charge in [-0.1, -0.05) is 15.9 Å². The van der Waals surface area contributed by atoms with Crippen molar-refractivity contribution < 1.29 is 8.42 Å². The fraction of sp³-hybridized carbons (Fsp3) is 0.250. The Labute approximate surface area is 100 Å². The van der Waals surface area contributed by atoms with Crippen molar-refractivity contribution in [2.24, 2.45) is 0 Å². The van der Waals surface area contributed by atoms with Crippen LogP contribution in [0.2, 0.25) is 0 Å². The lowest BCUT2D eigenvalue weighted by Gasteiger charge is -2.07. The standard InChI is InChI=1S/C8H9Br2NO2S/c1-5-3-7(10)8(4-6(5)9)14(12,13)11-2/h3-4,11H,1-2H3. The Morgan fingerprint density at radius 3 is 2.29 bits per heavy atom. The van der Waals surface area contributed by atoms with Crippen LogP contribution in [0.1, 0.15) is 5.56 Å². The number of rotatable bonds is 2. The maximum atomic E-state index is 11.5. The number of halogens is 2. The van der Waals surface area contributed by atoms with E-state index < -0.39 is 10.0 Å². The van der Waals surface area contributed by atoms with Crippen LogP contribution in [0.5, 0.6) is 0 Å². The third kappa shape index (κ3) is 2.36. The molecule has 1 rings (SSSR count). The molecule has 1 aromatic carbocycles. The Bertz CT molecular complexity index is 457. The predicted molar refractivity (Wildman–Crippen MR) is 62.8 cm³/mol. The van der Waals surface area contributed by atoms with Gasteiger partial charge in [-0.15, -0.1) is 0 Å². The van der Waals surface area contributed by atoms with E-state index in [9.17, 15) is 8.42 Å². The number of nitrogens with one attached hydrogen (secondary N) is 1. The lowest BCUT2D eigenvalue weighted by atomic mass is 10.2. The van der Waals surface area contributed by atoms with E-state index in [0.29, 0.717) is 4.47 Å². The Hall–Kier alpha value is 0.0900. The first-order valence-corrected chi connectivity index (χ1v) is 6.84. The molecule has 1 aromatic rings. The fourth-order valence-electron chi connectivity index (χ4n) is 0.944. The molecule has 0 fully saturated rings. The van der Waals surface area contributed by atoms with Crippen LogP contribution in [-0.2, 0) is 10.0 Å². The summed E-state index contributed by atoms with van der Waals surface area (Å²) in [6, 6.07) is 3.33. The molecule has 3 nitrogen and oxygen atoms in total. The summed E-state index contributed by atoms with van der Waals surface area (Å²) in [5.74, 6) is 0. The summed E-state index contributed by atoms with van der Waals surface area (Å²) < 4.78 is 26.6. The summed E-state index contributed by atoms with van der Waals surface area (Å²) in [6.45, 7) is 1.89. The molecule has 0 aromatic heterocycles. The van der Waals surface area contributed by atoms with Gasteiger partial charge in [0.1, 0.15) is 0 Å². The van der Waals surface area contributed by atoms with Crippen LogP contribution in [0.4, 0.5) is 0 Å². The largest absolute Gasteiger partial charge is 0.241 e. The molecule has 0 saturated heterocycles. The van der Waals surface area contributed by atoms with Gasteiger partial charge in [-0.3, -0.25) is 0 Å². The first-order chi connectivity index (χ1) is 6.38. The average Bonchev–Trinajstić information content (AvgIpc) is 2.11. The summed E-state index contributed by atoms with van der Waals surface area (Å²) in [4.78, 5) is 0.234. The van der Waals surface area contributed by atoms with Gasteiger partial charge >= 0.3 is 0 Å². The third-order valence-electron chi connectivity index (χ3n) is 1.77. The van der Waals surface area contributed by atoms with Crippen molar-refractivity contribution in [2.45, 2.75) is 11.8 Å². The highest BCUT2D eigenvalue weighted by molar-refractivity contribution is 9.11. The van der Waals surface area contributed by atoms with Crippen LogP contribution < -0.4 is 4.72 Å². The molecule has 0 aliphatic carbocycles. The monoisotopic (exact) mass is 341 g/mol. The average molecular weight is 343 g/mol. The molecule has 0 radical (unpaired) electrons. The highest BCUT2D eigenvalue weighted by Crippen LogP contribution is 2.28. The van der Waals surface area contributed by atoms with Gasteiger partial charge in [0.05, 0.1) is 4.90 Å². The molecule has 0 aliphatic rings. The minimum atomic E-state index is -3.39. The van der Waals surface area contributed by atoms with E-state index in [2.05, 4.69) is 36.6 Å². The Morgan fingerprint density at radius 2 is 1.79 bits per heavy atom. The number of sulfonamides is 1. The number of hydrogen-bond donors (Lipinski definition) is 1. The highest BCUT2D eigenvalue weighted by atomic mass is 79.9. The second-order valence-corrected chi connectivity index (χ2v) is 6.30. The zero-order valence-corrected chi connectivity index (χ0v) is 11.6.